The lowest BCUT2D eigenvalue weighted by molar-refractivity contribution is 0.0699. The number of carbonyl (C=O) groups is 1. The van der Waals surface area contributed by atoms with Crippen LogP contribution in [0.5, 0.6) is 0 Å². The number of carboxylic acids is 1. The molecule has 0 saturated carbocycles. The van der Waals surface area contributed by atoms with Crippen molar-refractivity contribution in [2.45, 2.75) is 0 Å². The van der Waals surface area contributed by atoms with Crippen LogP contribution < -0.4 is 5.56 Å². The molecule has 1 aromatic carbocycles. The maximum absolute atomic E-state index is 12.8. The molecule has 0 fully saturated rings. The Labute approximate surface area is 83.0 Å². The molecule has 15 heavy (non-hydrogen) atoms. The Balaban J connectivity index is 2.92. The van der Waals surface area contributed by atoms with Crippen LogP contribution in [0.25, 0.3) is 10.9 Å². The molecule has 5 heteroatoms. The second kappa shape index (κ2) is 3.20. The van der Waals surface area contributed by atoms with Gasteiger partial charge in [-0.2, -0.15) is 0 Å². The molecular weight excluding hydrogens is 201 g/mol. The van der Waals surface area contributed by atoms with E-state index in [1.807, 2.05) is 0 Å². The average molecular weight is 207 g/mol. The predicted molar refractivity (Wildman–Crippen MR) is 51.5 cm³/mol. The van der Waals surface area contributed by atoms with E-state index in [1.54, 1.807) is 0 Å². The number of hydrogen-bond acceptors (Lipinski definition) is 2. The Hall–Kier alpha value is -2.17. The van der Waals surface area contributed by atoms with E-state index in [0.717, 1.165) is 18.2 Å². The number of aromatic amines is 1. The summed E-state index contributed by atoms with van der Waals surface area (Å²) in [5, 5.41) is 9.14. The quantitative estimate of drug-likeness (QED) is 0.741. The molecule has 1 heterocycles. The fourth-order valence-electron chi connectivity index (χ4n) is 1.41. The van der Waals surface area contributed by atoms with Crippen molar-refractivity contribution in [2.24, 2.45) is 0 Å². The molecule has 0 amide bonds. The standard InChI is InChI=1S/C10H6FNO3/c11-5-1-2-6-7(10(14)15)4-9(13)12-8(6)3-5/h1-4H,(H,12,13)(H,14,15). The van der Waals surface area contributed by atoms with E-state index in [4.69, 9.17) is 5.11 Å². The van der Waals surface area contributed by atoms with E-state index in [1.165, 1.54) is 6.07 Å². The molecule has 0 aliphatic rings. The third-order valence-corrected chi connectivity index (χ3v) is 2.04. The van der Waals surface area contributed by atoms with Crippen molar-refractivity contribution in [1.82, 2.24) is 4.98 Å². The molecule has 2 aromatic rings. The highest BCUT2D eigenvalue weighted by Crippen LogP contribution is 2.15. The molecule has 4 nitrogen and oxygen atoms in total. The summed E-state index contributed by atoms with van der Waals surface area (Å²) in [6, 6.07) is 4.53. The zero-order valence-corrected chi connectivity index (χ0v) is 7.45. The number of halogens is 1. The van der Waals surface area contributed by atoms with Gasteiger partial charge in [0.05, 0.1) is 11.1 Å². The van der Waals surface area contributed by atoms with Gasteiger partial charge in [0, 0.05) is 11.5 Å². The van der Waals surface area contributed by atoms with Gasteiger partial charge in [0.25, 0.3) is 0 Å². The van der Waals surface area contributed by atoms with Gasteiger partial charge in [0.2, 0.25) is 5.56 Å². The van der Waals surface area contributed by atoms with E-state index in [2.05, 4.69) is 4.98 Å². The molecule has 0 aliphatic carbocycles. The first-order chi connectivity index (χ1) is 7.08. The summed E-state index contributed by atoms with van der Waals surface area (Å²) in [6.45, 7) is 0. The minimum absolute atomic E-state index is 0.131. The third-order valence-electron chi connectivity index (χ3n) is 2.04. The zero-order chi connectivity index (χ0) is 11.0. The number of pyridine rings is 1. The van der Waals surface area contributed by atoms with Gasteiger partial charge in [-0.3, -0.25) is 4.79 Å². The molecule has 2 rings (SSSR count). The van der Waals surface area contributed by atoms with Gasteiger partial charge in [-0.25, -0.2) is 9.18 Å². The van der Waals surface area contributed by atoms with Crippen molar-refractivity contribution in [2.75, 3.05) is 0 Å². The number of H-pyrrole nitrogens is 1. The largest absolute Gasteiger partial charge is 0.478 e. The van der Waals surface area contributed by atoms with E-state index < -0.39 is 17.3 Å². The first-order valence-electron chi connectivity index (χ1n) is 4.14. The van der Waals surface area contributed by atoms with Gasteiger partial charge in [0.15, 0.2) is 0 Å². The Morgan fingerprint density at radius 3 is 2.73 bits per heavy atom. The topological polar surface area (TPSA) is 70.2 Å². The van der Waals surface area contributed by atoms with Crippen LogP contribution in [0.3, 0.4) is 0 Å². The summed E-state index contributed by atoms with van der Waals surface area (Å²) in [7, 11) is 0. The normalized spacial score (nSPS) is 10.5. The Morgan fingerprint density at radius 2 is 2.07 bits per heavy atom. The summed E-state index contributed by atoms with van der Waals surface area (Å²) in [6.07, 6.45) is 0. The van der Waals surface area contributed by atoms with Crippen LogP contribution >= 0.6 is 0 Å². The van der Waals surface area contributed by atoms with E-state index in [0.29, 0.717) is 5.39 Å². The number of carboxylic acid groups (broad SMARTS) is 1. The Kier molecular flexibility index (Phi) is 2.00. The van der Waals surface area contributed by atoms with Crippen molar-refractivity contribution in [3.8, 4) is 0 Å². The smallest absolute Gasteiger partial charge is 0.336 e. The third kappa shape index (κ3) is 1.59. The lowest BCUT2D eigenvalue weighted by Gasteiger charge is -2.01. The van der Waals surface area contributed by atoms with Crippen molar-refractivity contribution in [3.63, 3.8) is 0 Å². The van der Waals surface area contributed by atoms with Gasteiger partial charge >= 0.3 is 5.97 Å². The van der Waals surface area contributed by atoms with Crippen LogP contribution in [0, 0.1) is 5.82 Å². The fourth-order valence-corrected chi connectivity index (χ4v) is 1.41. The summed E-state index contributed by atoms with van der Waals surface area (Å²) >= 11 is 0. The Morgan fingerprint density at radius 1 is 1.33 bits per heavy atom. The first-order valence-corrected chi connectivity index (χ1v) is 4.14. The Bertz CT molecular complexity index is 603. The number of aromatic nitrogens is 1. The van der Waals surface area contributed by atoms with E-state index in [-0.39, 0.29) is 11.1 Å². The number of fused-ring (bicyclic) bond motifs is 1. The number of nitrogens with one attached hydrogen (secondary N) is 1. The lowest BCUT2D eigenvalue weighted by atomic mass is 10.1. The van der Waals surface area contributed by atoms with Crippen molar-refractivity contribution >= 4 is 16.9 Å². The van der Waals surface area contributed by atoms with Gasteiger partial charge in [-0.05, 0) is 18.2 Å². The number of benzene rings is 1. The highest BCUT2D eigenvalue weighted by molar-refractivity contribution is 6.02. The maximum atomic E-state index is 12.8. The van der Waals surface area contributed by atoms with Crippen LogP contribution in [0.1, 0.15) is 10.4 Å². The van der Waals surface area contributed by atoms with Gasteiger partial charge < -0.3 is 10.1 Å². The minimum Gasteiger partial charge on any atom is -0.478 e. The number of aromatic carboxylic acids is 1. The number of hydrogen-bond donors (Lipinski definition) is 2. The molecular formula is C10H6FNO3. The highest BCUT2D eigenvalue weighted by Gasteiger charge is 2.10. The molecule has 0 unspecified atom stereocenters. The summed E-state index contributed by atoms with van der Waals surface area (Å²) < 4.78 is 12.8. The van der Waals surface area contributed by atoms with Gasteiger partial charge in [0.1, 0.15) is 5.82 Å². The predicted octanol–water partition coefficient (Wildman–Crippen LogP) is 1.37. The average Bonchev–Trinajstić information content (AvgIpc) is 2.15. The number of rotatable bonds is 1. The molecule has 1 aromatic heterocycles. The second-order valence-electron chi connectivity index (χ2n) is 3.04. The first kappa shape index (κ1) is 9.39. The van der Waals surface area contributed by atoms with Crippen molar-refractivity contribution in [1.29, 1.82) is 0 Å². The molecule has 0 atom stereocenters. The van der Waals surface area contributed by atoms with Crippen LogP contribution in [-0.2, 0) is 0 Å². The molecule has 0 radical (unpaired) electrons. The highest BCUT2D eigenvalue weighted by atomic mass is 19.1. The maximum Gasteiger partial charge on any atom is 0.336 e. The van der Waals surface area contributed by atoms with Crippen LogP contribution in [0.2, 0.25) is 0 Å². The van der Waals surface area contributed by atoms with Crippen LogP contribution in [-0.4, -0.2) is 16.1 Å². The van der Waals surface area contributed by atoms with Gasteiger partial charge in [-0.15, -0.1) is 0 Å². The fraction of sp³-hybridized carbons (Fsp3) is 0. The summed E-state index contributed by atoms with van der Waals surface area (Å²) in [5.41, 5.74) is -0.515. The molecule has 0 aliphatic heterocycles. The molecule has 76 valence electrons. The molecule has 0 bridgehead atoms. The van der Waals surface area contributed by atoms with E-state index in [9.17, 15) is 14.0 Å². The molecule has 0 spiro atoms. The second-order valence-corrected chi connectivity index (χ2v) is 3.04. The van der Waals surface area contributed by atoms with Crippen LogP contribution in [0.15, 0.2) is 29.1 Å². The summed E-state index contributed by atoms with van der Waals surface area (Å²) in [5.74, 6) is -1.74. The van der Waals surface area contributed by atoms with Crippen molar-refractivity contribution in [3.05, 3.63) is 46.0 Å². The monoisotopic (exact) mass is 207 g/mol. The van der Waals surface area contributed by atoms with Crippen LogP contribution in [0.4, 0.5) is 4.39 Å². The SMILES string of the molecule is O=C(O)c1cc(=O)[nH]c2cc(F)ccc12. The van der Waals surface area contributed by atoms with Crippen molar-refractivity contribution < 1.29 is 14.3 Å². The lowest BCUT2D eigenvalue weighted by Crippen LogP contribution is -2.10. The zero-order valence-electron chi connectivity index (χ0n) is 7.45. The summed E-state index contributed by atoms with van der Waals surface area (Å²) in [4.78, 5) is 24.3. The minimum atomic E-state index is -1.21. The van der Waals surface area contributed by atoms with Gasteiger partial charge in [-0.1, -0.05) is 0 Å². The molecule has 2 N–H and O–H groups in total. The molecule has 0 saturated heterocycles. The van der Waals surface area contributed by atoms with E-state index >= 15 is 0 Å².